The van der Waals surface area contributed by atoms with Crippen LogP contribution in [0.2, 0.25) is 41.0 Å². The Labute approximate surface area is 134 Å². The van der Waals surface area contributed by atoms with Gasteiger partial charge in [0.15, 0.2) is 0 Å². The number of hydrogen-bond acceptors (Lipinski definition) is 2. The van der Waals surface area contributed by atoms with Gasteiger partial charge in [-0.2, -0.15) is 0 Å². The van der Waals surface area contributed by atoms with E-state index in [0.29, 0.717) is 22.1 Å². The van der Waals surface area contributed by atoms with E-state index in [1.807, 2.05) is 0 Å². The second-order valence-corrected chi connectivity index (χ2v) is 12.7. The maximum Gasteiger partial charge on any atom is 0.205 e. The van der Waals surface area contributed by atoms with Gasteiger partial charge in [-0.3, -0.25) is 4.57 Å². The van der Waals surface area contributed by atoms with Crippen molar-refractivity contribution in [1.29, 1.82) is 0 Å². The standard InChI is InChI=1S/C13H17Cl3N2OSi/c1-20(2,3)5-4-19-8-18-12-7-10(15)9(14)6-11(12)17-13(18)16/h6-7H,4-5,8H2,1-3H3. The number of benzene rings is 1. The number of aromatic nitrogens is 2. The lowest BCUT2D eigenvalue weighted by Gasteiger charge is -2.15. The fourth-order valence-electron chi connectivity index (χ4n) is 1.75. The molecule has 0 aliphatic heterocycles. The average molecular weight is 352 g/mol. The molecule has 0 amide bonds. The lowest BCUT2D eigenvalue weighted by Crippen LogP contribution is -2.22. The summed E-state index contributed by atoms with van der Waals surface area (Å²) in [6.45, 7) is 8.05. The molecule has 2 rings (SSSR count). The Morgan fingerprint density at radius 1 is 1.15 bits per heavy atom. The van der Waals surface area contributed by atoms with Crippen LogP contribution in [0.4, 0.5) is 0 Å². The van der Waals surface area contributed by atoms with E-state index in [1.165, 1.54) is 0 Å². The third-order valence-electron chi connectivity index (χ3n) is 2.96. The van der Waals surface area contributed by atoms with Crippen molar-refractivity contribution in [2.75, 3.05) is 6.61 Å². The molecule has 0 saturated heterocycles. The molecular formula is C13H17Cl3N2OSi. The second-order valence-electron chi connectivity index (χ2n) is 5.91. The summed E-state index contributed by atoms with van der Waals surface area (Å²) in [5, 5.41) is 1.34. The van der Waals surface area contributed by atoms with Gasteiger partial charge in [0, 0.05) is 14.7 Å². The van der Waals surface area contributed by atoms with E-state index >= 15 is 0 Å². The number of fused-ring (bicyclic) bond motifs is 1. The van der Waals surface area contributed by atoms with E-state index < -0.39 is 8.07 Å². The number of ether oxygens (including phenoxy) is 1. The van der Waals surface area contributed by atoms with E-state index in [4.69, 9.17) is 39.5 Å². The minimum atomic E-state index is -1.08. The molecule has 0 unspecified atom stereocenters. The highest BCUT2D eigenvalue weighted by molar-refractivity contribution is 6.76. The van der Waals surface area contributed by atoms with Crippen LogP contribution in [0, 0.1) is 0 Å². The number of imidazole rings is 1. The maximum absolute atomic E-state index is 6.14. The first-order valence-electron chi connectivity index (χ1n) is 6.36. The fraction of sp³-hybridized carbons (Fsp3) is 0.462. The van der Waals surface area contributed by atoms with Crippen LogP contribution in [-0.4, -0.2) is 24.2 Å². The zero-order valence-electron chi connectivity index (χ0n) is 11.7. The zero-order chi connectivity index (χ0) is 14.9. The van der Waals surface area contributed by atoms with Gasteiger partial charge in [-0.05, 0) is 29.8 Å². The molecule has 3 nitrogen and oxygen atoms in total. The fourth-order valence-corrected chi connectivity index (χ4v) is 3.05. The summed E-state index contributed by atoms with van der Waals surface area (Å²) in [5.41, 5.74) is 1.55. The van der Waals surface area contributed by atoms with Gasteiger partial charge < -0.3 is 4.74 Å². The van der Waals surface area contributed by atoms with E-state index in [1.54, 1.807) is 16.7 Å². The number of halogens is 3. The molecule has 2 aromatic rings. The van der Waals surface area contributed by atoms with Crippen LogP contribution in [0.15, 0.2) is 12.1 Å². The van der Waals surface area contributed by atoms with Crippen LogP contribution in [0.3, 0.4) is 0 Å². The first-order chi connectivity index (χ1) is 9.28. The van der Waals surface area contributed by atoms with Gasteiger partial charge >= 0.3 is 0 Å². The van der Waals surface area contributed by atoms with Crippen LogP contribution >= 0.6 is 34.8 Å². The molecule has 0 saturated carbocycles. The molecular weight excluding hydrogens is 335 g/mol. The summed E-state index contributed by atoms with van der Waals surface area (Å²) in [5.74, 6) is 0. The Balaban J connectivity index is 2.14. The second kappa shape index (κ2) is 6.24. The van der Waals surface area contributed by atoms with Gasteiger partial charge in [0.25, 0.3) is 0 Å². The molecule has 0 bridgehead atoms. The predicted molar refractivity (Wildman–Crippen MR) is 88.9 cm³/mol. The number of nitrogens with zero attached hydrogens (tertiary/aromatic N) is 2. The molecule has 7 heteroatoms. The van der Waals surface area contributed by atoms with Crippen LogP contribution in [-0.2, 0) is 11.5 Å². The largest absolute Gasteiger partial charge is 0.361 e. The van der Waals surface area contributed by atoms with Crippen molar-refractivity contribution < 1.29 is 4.74 Å². The minimum absolute atomic E-state index is 0.373. The maximum atomic E-state index is 6.14. The minimum Gasteiger partial charge on any atom is -0.361 e. The van der Waals surface area contributed by atoms with Crippen LogP contribution in [0.25, 0.3) is 11.0 Å². The topological polar surface area (TPSA) is 27.1 Å². The van der Waals surface area contributed by atoms with E-state index in [0.717, 1.165) is 23.7 Å². The SMILES string of the molecule is C[Si](C)(C)CCOCn1c(Cl)nc2cc(Cl)c(Cl)cc21. The molecule has 0 fully saturated rings. The van der Waals surface area contributed by atoms with Gasteiger partial charge in [-0.15, -0.1) is 0 Å². The molecule has 0 aliphatic rings. The van der Waals surface area contributed by atoms with Gasteiger partial charge in [-0.1, -0.05) is 42.8 Å². The van der Waals surface area contributed by atoms with Crippen LogP contribution in [0.5, 0.6) is 0 Å². The molecule has 110 valence electrons. The Kier molecular flexibility index (Phi) is 5.03. The Morgan fingerprint density at radius 2 is 1.80 bits per heavy atom. The molecule has 0 atom stereocenters. The summed E-state index contributed by atoms with van der Waals surface area (Å²) in [6, 6.07) is 4.59. The summed E-state index contributed by atoms with van der Waals surface area (Å²) >= 11 is 18.1. The van der Waals surface area contributed by atoms with Crippen molar-refractivity contribution in [1.82, 2.24) is 9.55 Å². The highest BCUT2D eigenvalue weighted by atomic mass is 35.5. The lowest BCUT2D eigenvalue weighted by molar-refractivity contribution is 0.0900. The zero-order valence-corrected chi connectivity index (χ0v) is 15.0. The molecule has 0 N–H and O–H groups in total. The summed E-state index contributed by atoms with van der Waals surface area (Å²) < 4.78 is 7.51. The van der Waals surface area contributed by atoms with Crippen LogP contribution < -0.4 is 0 Å². The number of rotatable bonds is 5. The van der Waals surface area contributed by atoms with Crippen molar-refractivity contribution in [3.05, 3.63) is 27.5 Å². The van der Waals surface area contributed by atoms with Gasteiger partial charge in [0.2, 0.25) is 5.28 Å². The van der Waals surface area contributed by atoms with Crippen molar-refractivity contribution in [3.8, 4) is 0 Å². The number of hydrogen-bond donors (Lipinski definition) is 0. The quantitative estimate of drug-likeness (QED) is 0.539. The van der Waals surface area contributed by atoms with Crippen LogP contribution in [0.1, 0.15) is 0 Å². The van der Waals surface area contributed by atoms with Crippen molar-refractivity contribution in [3.63, 3.8) is 0 Å². The van der Waals surface area contributed by atoms with E-state index in [9.17, 15) is 0 Å². The van der Waals surface area contributed by atoms with Crippen molar-refractivity contribution in [2.24, 2.45) is 0 Å². The Hall–Kier alpha value is -0.263. The summed E-state index contributed by atoms with van der Waals surface area (Å²) in [6.07, 6.45) is 0. The van der Waals surface area contributed by atoms with Crippen molar-refractivity contribution >= 4 is 53.9 Å². The smallest absolute Gasteiger partial charge is 0.205 e. The molecule has 1 aromatic heterocycles. The predicted octanol–water partition coefficient (Wildman–Crippen LogP) is 5.31. The molecule has 20 heavy (non-hydrogen) atoms. The van der Waals surface area contributed by atoms with E-state index in [-0.39, 0.29) is 0 Å². The normalized spacial score (nSPS) is 12.3. The first kappa shape index (κ1) is 16.1. The third-order valence-corrected chi connectivity index (χ3v) is 5.68. The summed E-state index contributed by atoms with van der Waals surface area (Å²) in [4.78, 5) is 4.26. The monoisotopic (exact) mass is 350 g/mol. The van der Waals surface area contributed by atoms with Gasteiger partial charge in [-0.25, -0.2) is 4.98 Å². The molecule has 0 radical (unpaired) electrons. The molecule has 1 aromatic carbocycles. The lowest BCUT2D eigenvalue weighted by atomic mass is 10.3. The molecule has 0 aliphatic carbocycles. The average Bonchev–Trinajstić information content (AvgIpc) is 2.60. The Bertz CT molecular complexity index is 622. The van der Waals surface area contributed by atoms with E-state index in [2.05, 4.69) is 24.6 Å². The van der Waals surface area contributed by atoms with Gasteiger partial charge in [0.05, 0.1) is 21.1 Å². The van der Waals surface area contributed by atoms with Gasteiger partial charge in [0.1, 0.15) is 6.73 Å². The first-order valence-corrected chi connectivity index (χ1v) is 11.2. The highest BCUT2D eigenvalue weighted by Gasteiger charge is 2.14. The molecule has 1 heterocycles. The summed E-state index contributed by atoms with van der Waals surface area (Å²) in [7, 11) is -1.08. The third kappa shape index (κ3) is 3.89. The molecule has 0 spiro atoms. The highest BCUT2D eigenvalue weighted by Crippen LogP contribution is 2.29. The van der Waals surface area contributed by atoms with Crippen molar-refractivity contribution in [2.45, 2.75) is 32.4 Å². The Morgan fingerprint density at radius 3 is 2.45 bits per heavy atom.